The number of ether oxygens (including phenoxy) is 1. The van der Waals surface area contributed by atoms with Gasteiger partial charge in [0.1, 0.15) is 11.7 Å². The average Bonchev–Trinajstić information content (AvgIpc) is 3.43. The maximum absolute atomic E-state index is 13.8. The molecule has 2 amide bonds. The first-order valence-corrected chi connectivity index (χ1v) is 12.4. The molecule has 0 radical (unpaired) electrons. The van der Waals surface area contributed by atoms with Gasteiger partial charge >= 0.3 is 0 Å². The van der Waals surface area contributed by atoms with Crippen molar-refractivity contribution in [2.45, 2.75) is 25.5 Å². The molecule has 10 nitrogen and oxygen atoms in total. The molecular formula is C28H28N4O6. The van der Waals surface area contributed by atoms with E-state index < -0.39 is 34.8 Å². The van der Waals surface area contributed by atoms with Crippen molar-refractivity contribution in [2.75, 3.05) is 35.6 Å². The summed E-state index contributed by atoms with van der Waals surface area (Å²) in [6.07, 6.45) is -0.208. The van der Waals surface area contributed by atoms with Gasteiger partial charge in [-0.1, -0.05) is 25.1 Å². The SMILES string of the molecule is CCCOc1ccc(N2C(=O)C3ON(c4cccc([N+](=O)[O-])c4)C(c4ccc(N(C)C)cc4)C3C2=O)cc1. The van der Waals surface area contributed by atoms with Gasteiger partial charge in [-0.15, -0.1) is 0 Å². The van der Waals surface area contributed by atoms with Gasteiger partial charge in [-0.25, -0.2) is 9.96 Å². The summed E-state index contributed by atoms with van der Waals surface area (Å²) < 4.78 is 5.62. The molecule has 0 aliphatic carbocycles. The molecule has 2 fully saturated rings. The molecule has 38 heavy (non-hydrogen) atoms. The van der Waals surface area contributed by atoms with Crippen LogP contribution in [0.3, 0.4) is 0 Å². The van der Waals surface area contributed by atoms with Crippen molar-refractivity contribution < 1.29 is 24.1 Å². The molecule has 0 saturated carbocycles. The lowest BCUT2D eigenvalue weighted by Crippen LogP contribution is -2.37. The number of anilines is 3. The van der Waals surface area contributed by atoms with E-state index in [-0.39, 0.29) is 5.69 Å². The molecule has 5 rings (SSSR count). The van der Waals surface area contributed by atoms with Crippen LogP contribution < -0.4 is 19.6 Å². The van der Waals surface area contributed by atoms with E-state index in [1.165, 1.54) is 17.2 Å². The molecule has 10 heteroatoms. The number of non-ortho nitro benzene ring substituents is 1. The molecule has 0 spiro atoms. The van der Waals surface area contributed by atoms with Crippen molar-refractivity contribution in [1.82, 2.24) is 0 Å². The fourth-order valence-electron chi connectivity index (χ4n) is 4.86. The number of fused-ring (bicyclic) bond motifs is 1. The summed E-state index contributed by atoms with van der Waals surface area (Å²) in [4.78, 5) is 47.5. The van der Waals surface area contributed by atoms with Crippen LogP contribution in [0.2, 0.25) is 0 Å². The molecule has 3 aromatic carbocycles. The van der Waals surface area contributed by atoms with Crippen molar-refractivity contribution in [3.63, 3.8) is 0 Å². The minimum atomic E-state index is -1.07. The highest BCUT2D eigenvalue weighted by Gasteiger charge is 2.60. The Hall–Kier alpha value is -4.44. The molecule has 3 atom stereocenters. The number of imide groups is 1. The van der Waals surface area contributed by atoms with Crippen molar-refractivity contribution in [1.29, 1.82) is 0 Å². The third kappa shape index (κ3) is 4.43. The summed E-state index contributed by atoms with van der Waals surface area (Å²) in [6, 6.07) is 19.7. The number of hydrogen-bond acceptors (Lipinski definition) is 8. The van der Waals surface area contributed by atoms with E-state index in [9.17, 15) is 19.7 Å². The Bertz CT molecular complexity index is 1360. The Kier molecular flexibility index (Phi) is 6.73. The zero-order valence-corrected chi connectivity index (χ0v) is 21.3. The predicted octanol–water partition coefficient (Wildman–Crippen LogP) is 4.50. The zero-order valence-electron chi connectivity index (χ0n) is 21.3. The molecule has 2 aliphatic rings. The highest BCUT2D eigenvalue weighted by Crippen LogP contribution is 2.48. The fourth-order valence-corrected chi connectivity index (χ4v) is 4.86. The topological polar surface area (TPSA) is 105 Å². The first-order valence-electron chi connectivity index (χ1n) is 12.4. The molecule has 0 bridgehead atoms. The van der Waals surface area contributed by atoms with E-state index in [1.807, 2.05) is 50.2 Å². The van der Waals surface area contributed by atoms with Gasteiger partial charge < -0.3 is 9.64 Å². The lowest BCUT2D eigenvalue weighted by atomic mass is 9.90. The van der Waals surface area contributed by atoms with Crippen LogP contribution in [0.25, 0.3) is 0 Å². The standard InChI is InChI=1S/C28H28N4O6/c1-4-16-37-23-14-12-20(13-15-23)30-27(33)24-25(18-8-10-19(11-9-18)29(2)3)31(38-26(24)28(30)34)21-6-5-7-22(17-21)32(35)36/h5-15,17,24-26H,4,16H2,1-3H3. The third-order valence-electron chi connectivity index (χ3n) is 6.73. The van der Waals surface area contributed by atoms with Crippen molar-refractivity contribution in [2.24, 2.45) is 5.92 Å². The van der Waals surface area contributed by atoms with Crippen LogP contribution in [-0.2, 0) is 14.4 Å². The smallest absolute Gasteiger partial charge is 0.271 e. The minimum absolute atomic E-state index is 0.116. The van der Waals surface area contributed by atoms with Crippen LogP contribution in [0.1, 0.15) is 24.9 Å². The maximum atomic E-state index is 13.8. The number of hydrogen-bond donors (Lipinski definition) is 0. The zero-order chi connectivity index (χ0) is 27.0. The number of carbonyl (C=O) groups is 2. The lowest BCUT2D eigenvalue weighted by molar-refractivity contribution is -0.384. The predicted molar refractivity (Wildman–Crippen MR) is 142 cm³/mol. The van der Waals surface area contributed by atoms with Crippen molar-refractivity contribution >= 4 is 34.6 Å². The van der Waals surface area contributed by atoms with Gasteiger partial charge in [0.15, 0.2) is 6.10 Å². The second kappa shape index (κ2) is 10.1. The summed E-state index contributed by atoms with van der Waals surface area (Å²) >= 11 is 0. The number of nitrogens with zero attached hydrogens (tertiary/aromatic N) is 4. The van der Waals surface area contributed by atoms with Crippen LogP contribution in [0.5, 0.6) is 5.75 Å². The van der Waals surface area contributed by atoms with E-state index in [2.05, 4.69) is 0 Å². The Labute approximate surface area is 220 Å². The van der Waals surface area contributed by atoms with Gasteiger partial charge in [-0.3, -0.25) is 24.5 Å². The lowest BCUT2D eigenvalue weighted by Gasteiger charge is -2.29. The van der Waals surface area contributed by atoms with Crippen LogP contribution in [0.15, 0.2) is 72.8 Å². The molecule has 196 valence electrons. The summed E-state index contributed by atoms with van der Waals surface area (Å²) in [5.41, 5.74) is 2.42. The van der Waals surface area contributed by atoms with Gasteiger partial charge in [-0.2, -0.15) is 0 Å². The Morgan fingerprint density at radius 3 is 2.32 bits per heavy atom. The van der Waals surface area contributed by atoms with Crippen molar-refractivity contribution in [3.8, 4) is 5.75 Å². The van der Waals surface area contributed by atoms with Crippen LogP contribution in [0.4, 0.5) is 22.7 Å². The molecule has 2 saturated heterocycles. The normalized spacial score (nSPS) is 20.6. The molecule has 3 aromatic rings. The van der Waals surface area contributed by atoms with E-state index in [0.29, 0.717) is 23.7 Å². The fraction of sp³-hybridized carbons (Fsp3) is 0.286. The second-order valence-corrected chi connectivity index (χ2v) is 9.44. The second-order valence-electron chi connectivity index (χ2n) is 9.44. The third-order valence-corrected chi connectivity index (χ3v) is 6.73. The Balaban J connectivity index is 1.52. The Morgan fingerprint density at radius 2 is 1.68 bits per heavy atom. The molecular weight excluding hydrogens is 488 g/mol. The minimum Gasteiger partial charge on any atom is -0.494 e. The Morgan fingerprint density at radius 1 is 0.974 bits per heavy atom. The van der Waals surface area contributed by atoms with E-state index >= 15 is 0 Å². The average molecular weight is 517 g/mol. The van der Waals surface area contributed by atoms with E-state index in [4.69, 9.17) is 9.57 Å². The monoisotopic (exact) mass is 516 g/mol. The summed E-state index contributed by atoms with van der Waals surface area (Å²) in [7, 11) is 3.85. The number of amides is 2. The van der Waals surface area contributed by atoms with Crippen LogP contribution in [0, 0.1) is 16.0 Å². The van der Waals surface area contributed by atoms with Crippen molar-refractivity contribution in [3.05, 3.63) is 88.5 Å². The number of nitro groups is 1. The number of rotatable bonds is 8. The largest absolute Gasteiger partial charge is 0.494 e. The van der Waals surface area contributed by atoms with E-state index in [0.717, 1.165) is 22.6 Å². The highest BCUT2D eigenvalue weighted by atomic mass is 16.7. The molecule has 2 heterocycles. The maximum Gasteiger partial charge on any atom is 0.271 e. The molecule has 3 unspecified atom stereocenters. The molecule has 0 N–H and O–H groups in total. The molecule has 0 aromatic heterocycles. The first kappa shape index (κ1) is 25.2. The number of carbonyl (C=O) groups excluding carboxylic acids is 2. The van der Waals surface area contributed by atoms with Gasteiger partial charge in [0.2, 0.25) is 5.91 Å². The van der Waals surface area contributed by atoms with Crippen LogP contribution in [-0.4, -0.2) is 43.5 Å². The quantitative estimate of drug-likeness (QED) is 0.245. The first-order chi connectivity index (χ1) is 18.3. The summed E-state index contributed by atoms with van der Waals surface area (Å²) in [5.74, 6) is -1.06. The van der Waals surface area contributed by atoms with Crippen LogP contribution >= 0.6 is 0 Å². The van der Waals surface area contributed by atoms with E-state index in [1.54, 1.807) is 36.4 Å². The van der Waals surface area contributed by atoms with Gasteiger partial charge in [0.25, 0.3) is 11.6 Å². The number of hydroxylamine groups is 1. The highest BCUT2D eigenvalue weighted by molar-refractivity contribution is 6.23. The number of nitro benzene ring substituents is 1. The summed E-state index contributed by atoms with van der Waals surface area (Å²) in [5, 5.41) is 12.9. The van der Waals surface area contributed by atoms with Gasteiger partial charge in [-0.05, 0) is 54.4 Å². The summed E-state index contributed by atoms with van der Waals surface area (Å²) in [6.45, 7) is 2.58. The van der Waals surface area contributed by atoms with Gasteiger partial charge in [0, 0.05) is 31.9 Å². The number of benzene rings is 3. The van der Waals surface area contributed by atoms with Gasteiger partial charge in [0.05, 0.1) is 28.9 Å². The molecule has 2 aliphatic heterocycles.